The van der Waals surface area contributed by atoms with Crippen LogP contribution in [0.3, 0.4) is 0 Å². The van der Waals surface area contributed by atoms with Gasteiger partial charge in [0.1, 0.15) is 5.69 Å². The second-order valence-corrected chi connectivity index (χ2v) is 6.17. The molecule has 0 heterocycles. The normalized spacial score (nSPS) is 12.5. The number of rotatable bonds is 7. The first-order valence-corrected chi connectivity index (χ1v) is 7.46. The van der Waals surface area contributed by atoms with E-state index in [2.05, 4.69) is 26.1 Å². The third-order valence-corrected chi connectivity index (χ3v) is 3.67. The van der Waals surface area contributed by atoms with Crippen molar-refractivity contribution in [3.8, 4) is 0 Å². The third-order valence-electron chi connectivity index (χ3n) is 3.67. The number of likely N-dealkylation sites (N-methyl/N-ethyl adjacent to an activating group) is 1. The summed E-state index contributed by atoms with van der Waals surface area (Å²) < 4.78 is 0. The highest BCUT2D eigenvalue weighted by Gasteiger charge is 2.19. The number of anilines is 1. The molecule has 0 saturated carbocycles. The predicted molar refractivity (Wildman–Crippen MR) is 88.0 cm³/mol. The quantitative estimate of drug-likeness (QED) is 0.620. The maximum absolute atomic E-state index is 12.2. The number of amides is 1. The summed E-state index contributed by atoms with van der Waals surface area (Å²) in [6.07, 6.45) is 0.994. The summed E-state index contributed by atoms with van der Waals surface area (Å²) in [5.41, 5.74) is 0.883. The molecule has 1 aromatic rings. The van der Waals surface area contributed by atoms with E-state index in [0.717, 1.165) is 6.42 Å². The van der Waals surface area contributed by atoms with Crippen molar-refractivity contribution < 1.29 is 9.72 Å². The lowest BCUT2D eigenvalue weighted by Crippen LogP contribution is -2.37. The third kappa shape index (κ3) is 5.11. The Morgan fingerprint density at radius 3 is 2.55 bits per heavy atom. The van der Waals surface area contributed by atoms with E-state index in [-0.39, 0.29) is 29.9 Å². The molecule has 0 saturated heterocycles. The largest absolute Gasteiger partial charge is 0.319 e. The van der Waals surface area contributed by atoms with Crippen LogP contribution in [0, 0.1) is 23.0 Å². The Morgan fingerprint density at radius 2 is 2.00 bits per heavy atom. The Hall–Kier alpha value is -1.95. The average molecular weight is 307 g/mol. The maximum Gasteiger partial charge on any atom is 0.293 e. The van der Waals surface area contributed by atoms with Gasteiger partial charge >= 0.3 is 0 Å². The molecule has 1 N–H and O–H groups in total. The number of hydrogen-bond donors (Lipinski definition) is 1. The molecule has 0 radical (unpaired) electrons. The van der Waals surface area contributed by atoms with Crippen molar-refractivity contribution in [2.24, 2.45) is 5.92 Å². The van der Waals surface area contributed by atoms with Gasteiger partial charge in [0.2, 0.25) is 5.91 Å². The van der Waals surface area contributed by atoms with Crippen molar-refractivity contribution in [1.82, 2.24) is 4.90 Å². The van der Waals surface area contributed by atoms with Gasteiger partial charge in [-0.25, -0.2) is 0 Å². The van der Waals surface area contributed by atoms with E-state index < -0.39 is 4.92 Å². The molecule has 0 spiro atoms. The zero-order chi connectivity index (χ0) is 16.9. The summed E-state index contributed by atoms with van der Waals surface area (Å²) in [6, 6.07) is 5.03. The highest BCUT2D eigenvalue weighted by atomic mass is 16.6. The molecule has 6 heteroatoms. The molecule has 0 aromatic heterocycles. The summed E-state index contributed by atoms with van der Waals surface area (Å²) in [5, 5.41) is 13.7. The molecule has 22 heavy (non-hydrogen) atoms. The Morgan fingerprint density at radius 1 is 1.36 bits per heavy atom. The molecule has 0 aliphatic carbocycles. The van der Waals surface area contributed by atoms with Gasteiger partial charge in [0.25, 0.3) is 5.69 Å². The fourth-order valence-electron chi connectivity index (χ4n) is 2.39. The molecule has 1 atom stereocenters. The Labute approximate surface area is 131 Å². The highest BCUT2D eigenvalue weighted by Crippen LogP contribution is 2.27. The van der Waals surface area contributed by atoms with Crippen LogP contribution in [-0.4, -0.2) is 35.4 Å². The number of nitrogens with zero attached hydrogens (tertiary/aromatic N) is 2. The second-order valence-electron chi connectivity index (χ2n) is 6.17. The van der Waals surface area contributed by atoms with Crippen LogP contribution in [0.1, 0.15) is 32.8 Å². The number of carbonyl (C=O) groups excluding carboxylic acids is 1. The minimum Gasteiger partial charge on any atom is -0.319 e. The number of aryl methyl sites for hydroxylation is 1. The molecule has 0 bridgehead atoms. The van der Waals surface area contributed by atoms with Crippen molar-refractivity contribution in [1.29, 1.82) is 0 Å². The number of carbonyl (C=O) groups is 1. The maximum atomic E-state index is 12.2. The molecule has 0 fully saturated rings. The molecule has 1 amide bonds. The van der Waals surface area contributed by atoms with E-state index in [9.17, 15) is 14.9 Å². The number of nitro benzene ring substituents is 1. The number of hydrogen-bond acceptors (Lipinski definition) is 4. The van der Waals surface area contributed by atoms with Gasteiger partial charge in [0, 0.05) is 12.1 Å². The van der Waals surface area contributed by atoms with Crippen molar-refractivity contribution in [2.45, 2.75) is 40.2 Å². The first-order valence-electron chi connectivity index (χ1n) is 7.46. The number of nitrogens with one attached hydrogen (secondary N) is 1. The molecular formula is C16H25N3O3. The lowest BCUT2D eigenvalue weighted by Gasteiger charge is -2.25. The Balaban J connectivity index is 2.76. The van der Waals surface area contributed by atoms with Gasteiger partial charge < -0.3 is 5.32 Å². The van der Waals surface area contributed by atoms with E-state index in [1.807, 2.05) is 11.9 Å². The van der Waals surface area contributed by atoms with Crippen molar-refractivity contribution in [2.75, 3.05) is 18.9 Å². The van der Waals surface area contributed by atoms with Crippen LogP contribution >= 0.6 is 0 Å². The molecule has 6 nitrogen and oxygen atoms in total. The molecule has 0 aliphatic heterocycles. The molecule has 122 valence electrons. The zero-order valence-corrected chi connectivity index (χ0v) is 13.9. The van der Waals surface area contributed by atoms with Crippen molar-refractivity contribution in [3.63, 3.8) is 0 Å². The molecular weight excluding hydrogens is 282 g/mol. The van der Waals surface area contributed by atoms with Crippen LogP contribution in [0.25, 0.3) is 0 Å². The highest BCUT2D eigenvalue weighted by molar-refractivity contribution is 5.95. The van der Waals surface area contributed by atoms with Crippen LogP contribution in [-0.2, 0) is 4.79 Å². The number of nitro groups is 1. The van der Waals surface area contributed by atoms with E-state index >= 15 is 0 Å². The molecule has 1 aromatic carbocycles. The zero-order valence-electron chi connectivity index (χ0n) is 13.9. The topological polar surface area (TPSA) is 75.5 Å². The lowest BCUT2D eigenvalue weighted by atomic mass is 10.0. The summed E-state index contributed by atoms with van der Waals surface area (Å²) in [4.78, 5) is 24.7. The minimum atomic E-state index is -0.478. The Bertz CT molecular complexity index is 543. The van der Waals surface area contributed by atoms with Gasteiger partial charge in [-0.3, -0.25) is 19.8 Å². The SMILES string of the molecule is Cc1cccc([N+](=O)[O-])c1NC(=O)CN(C)[C@H](C)CC(C)C. The van der Waals surface area contributed by atoms with Gasteiger partial charge in [0.05, 0.1) is 11.5 Å². The molecule has 0 unspecified atom stereocenters. The smallest absolute Gasteiger partial charge is 0.293 e. The van der Waals surface area contributed by atoms with Crippen molar-refractivity contribution >= 4 is 17.3 Å². The first-order chi connectivity index (χ1) is 10.2. The first kappa shape index (κ1) is 18.1. The van der Waals surface area contributed by atoms with E-state index in [1.54, 1.807) is 19.1 Å². The average Bonchev–Trinajstić information content (AvgIpc) is 2.39. The van der Waals surface area contributed by atoms with Crippen LogP contribution in [0.15, 0.2) is 18.2 Å². The fraction of sp³-hybridized carbons (Fsp3) is 0.562. The van der Waals surface area contributed by atoms with E-state index in [0.29, 0.717) is 11.5 Å². The monoisotopic (exact) mass is 307 g/mol. The van der Waals surface area contributed by atoms with Crippen LogP contribution in [0.4, 0.5) is 11.4 Å². The minimum absolute atomic E-state index is 0.0776. The van der Waals surface area contributed by atoms with Gasteiger partial charge in [-0.05, 0) is 38.8 Å². The summed E-state index contributed by atoms with van der Waals surface area (Å²) in [6.45, 7) is 8.30. The van der Waals surface area contributed by atoms with Gasteiger partial charge in [0.15, 0.2) is 0 Å². The van der Waals surface area contributed by atoms with Gasteiger partial charge in [-0.15, -0.1) is 0 Å². The summed E-state index contributed by atoms with van der Waals surface area (Å²) in [7, 11) is 1.89. The Kier molecular flexibility index (Phi) is 6.49. The lowest BCUT2D eigenvalue weighted by molar-refractivity contribution is -0.384. The second kappa shape index (κ2) is 7.89. The van der Waals surface area contributed by atoms with Crippen LogP contribution in [0.2, 0.25) is 0 Å². The van der Waals surface area contributed by atoms with Crippen LogP contribution in [0.5, 0.6) is 0 Å². The number of benzene rings is 1. The molecule has 1 rings (SSSR count). The molecule has 0 aliphatic rings. The standard InChI is InChI=1S/C16H25N3O3/c1-11(2)9-13(4)18(5)10-15(20)17-16-12(3)7-6-8-14(16)19(21)22/h6-8,11,13H,9-10H2,1-5H3,(H,17,20)/t13-/m1/s1. The van der Waals surface area contributed by atoms with Crippen molar-refractivity contribution in [3.05, 3.63) is 33.9 Å². The van der Waals surface area contributed by atoms with Crippen LogP contribution < -0.4 is 5.32 Å². The van der Waals surface area contributed by atoms with E-state index in [4.69, 9.17) is 0 Å². The van der Waals surface area contributed by atoms with E-state index in [1.165, 1.54) is 6.07 Å². The number of para-hydroxylation sites is 1. The summed E-state index contributed by atoms with van der Waals surface area (Å²) in [5.74, 6) is 0.313. The van der Waals surface area contributed by atoms with Gasteiger partial charge in [-0.1, -0.05) is 26.0 Å². The fourth-order valence-corrected chi connectivity index (χ4v) is 2.39. The summed E-state index contributed by atoms with van der Waals surface area (Å²) >= 11 is 0. The van der Waals surface area contributed by atoms with Gasteiger partial charge in [-0.2, -0.15) is 0 Å². The predicted octanol–water partition coefficient (Wildman–Crippen LogP) is 3.21.